The average Bonchev–Trinajstić information content (AvgIpc) is 2.63. The molecule has 3 rings (SSSR count). The fraction of sp³-hybridized carbons (Fsp3) is 0.250. The normalized spacial score (nSPS) is 9.54. The summed E-state index contributed by atoms with van der Waals surface area (Å²) < 4.78 is 5.02. The van der Waals surface area contributed by atoms with E-state index in [0.29, 0.717) is 11.5 Å². The van der Waals surface area contributed by atoms with Crippen molar-refractivity contribution in [3.63, 3.8) is 0 Å². The smallest absolute Gasteiger partial charge is 0.125 e. The molecule has 0 aromatic heterocycles. The minimum atomic E-state index is 0.376. The van der Waals surface area contributed by atoms with E-state index < -0.39 is 0 Å². The van der Waals surface area contributed by atoms with Crippen LogP contribution in [0.25, 0.3) is 0 Å². The first-order valence-corrected chi connectivity index (χ1v) is 9.57. The standard InChI is InChI=1S/C8H11OP.2C8H10O/c1-6-3-4-8(9-10)7(2)5-6;2*1-6-3-4-8(9)7(2)5-6/h3-5H,10H2,1-2H3;2*3-5,9H,1-2H3. The van der Waals surface area contributed by atoms with Crippen LogP contribution in [0.2, 0.25) is 0 Å². The molecule has 2 N–H and O–H groups in total. The molecule has 28 heavy (non-hydrogen) atoms. The van der Waals surface area contributed by atoms with Gasteiger partial charge in [-0.3, -0.25) is 0 Å². The molecule has 0 fully saturated rings. The van der Waals surface area contributed by atoms with E-state index in [4.69, 9.17) is 14.7 Å². The number of aryl methyl sites for hydroxylation is 6. The first-order chi connectivity index (χ1) is 13.1. The minimum absolute atomic E-state index is 0.376. The summed E-state index contributed by atoms with van der Waals surface area (Å²) in [5.41, 5.74) is 6.69. The van der Waals surface area contributed by atoms with Crippen LogP contribution in [-0.2, 0) is 0 Å². The third-order valence-electron chi connectivity index (χ3n) is 4.16. The van der Waals surface area contributed by atoms with Crippen molar-refractivity contribution in [2.75, 3.05) is 0 Å². The van der Waals surface area contributed by atoms with Crippen LogP contribution in [0.1, 0.15) is 33.4 Å². The van der Waals surface area contributed by atoms with Crippen LogP contribution in [0, 0.1) is 41.5 Å². The highest BCUT2D eigenvalue weighted by Crippen LogP contribution is 2.20. The van der Waals surface area contributed by atoms with Gasteiger partial charge in [-0.25, -0.2) is 0 Å². The second kappa shape index (κ2) is 11.4. The molecule has 0 heterocycles. The molecular formula is C24H31O3P. The Labute approximate surface area is 171 Å². The molecular weight excluding hydrogens is 367 g/mol. The summed E-state index contributed by atoms with van der Waals surface area (Å²) >= 11 is 0. The summed E-state index contributed by atoms with van der Waals surface area (Å²) in [5.74, 6) is 1.68. The van der Waals surface area contributed by atoms with E-state index in [1.165, 1.54) is 22.3 Å². The van der Waals surface area contributed by atoms with Crippen LogP contribution in [0.5, 0.6) is 17.2 Å². The third-order valence-corrected chi connectivity index (χ3v) is 4.42. The Morgan fingerprint density at radius 2 is 0.929 bits per heavy atom. The number of phenolic OH excluding ortho intramolecular Hbond substituents is 2. The summed E-state index contributed by atoms with van der Waals surface area (Å²) in [4.78, 5) is 0. The average molecular weight is 398 g/mol. The largest absolute Gasteiger partial charge is 0.508 e. The lowest BCUT2D eigenvalue weighted by Crippen LogP contribution is -1.80. The molecule has 0 radical (unpaired) electrons. The van der Waals surface area contributed by atoms with Gasteiger partial charge in [0.2, 0.25) is 0 Å². The Kier molecular flexibility index (Phi) is 9.55. The monoisotopic (exact) mass is 398 g/mol. The zero-order valence-electron chi connectivity index (χ0n) is 17.6. The van der Waals surface area contributed by atoms with Crippen molar-refractivity contribution < 1.29 is 14.7 Å². The number of benzene rings is 3. The van der Waals surface area contributed by atoms with Gasteiger partial charge in [0.1, 0.15) is 17.2 Å². The predicted molar refractivity (Wildman–Crippen MR) is 121 cm³/mol. The molecule has 150 valence electrons. The van der Waals surface area contributed by atoms with Gasteiger partial charge < -0.3 is 14.7 Å². The van der Waals surface area contributed by atoms with Crippen molar-refractivity contribution in [1.29, 1.82) is 0 Å². The summed E-state index contributed by atoms with van der Waals surface area (Å²) in [6.07, 6.45) is 0. The SMILES string of the molecule is Cc1ccc(O)c(C)c1.Cc1ccc(O)c(C)c1.Cc1ccc(OP)c(C)c1. The molecule has 3 nitrogen and oxygen atoms in total. The van der Waals surface area contributed by atoms with Gasteiger partial charge in [-0.2, -0.15) is 0 Å². The van der Waals surface area contributed by atoms with E-state index in [1.54, 1.807) is 12.1 Å². The van der Waals surface area contributed by atoms with E-state index in [-0.39, 0.29) is 0 Å². The van der Waals surface area contributed by atoms with E-state index in [2.05, 4.69) is 22.5 Å². The molecule has 0 saturated heterocycles. The van der Waals surface area contributed by atoms with Gasteiger partial charge >= 0.3 is 0 Å². The Hall–Kier alpha value is -2.51. The first-order valence-electron chi connectivity index (χ1n) is 9.10. The fourth-order valence-electron chi connectivity index (χ4n) is 2.54. The summed E-state index contributed by atoms with van der Waals surface area (Å²) in [6, 6.07) is 17.2. The van der Waals surface area contributed by atoms with E-state index in [1.807, 2.05) is 71.0 Å². The Bertz CT molecular complexity index is 855. The van der Waals surface area contributed by atoms with Crippen molar-refractivity contribution in [2.24, 2.45) is 0 Å². The van der Waals surface area contributed by atoms with Crippen LogP contribution >= 0.6 is 9.47 Å². The highest BCUT2D eigenvalue weighted by molar-refractivity contribution is 7.10. The third kappa shape index (κ3) is 8.02. The van der Waals surface area contributed by atoms with Crippen molar-refractivity contribution in [1.82, 2.24) is 0 Å². The maximum absolute atomic E-state index is 9.04. The molecule has 4 heteroatoms. The lowest BCUT2D eigenvalue weighted by Gasteiger charge is -2.03. The summed E-state index contributed by atoms with van der Waals surface area (Å²) in [5, 5.41) is 18.1. The van der Waals surface area contributed by atoms with Crippen LogP contribution in [0.15, 0.2) is 54.6 Å². The van der Waals surface area contributed by atoms with Gasteiger partial charge in [-0.15, -0.1) is 0 Å². The summed E-state index contributed by atoms with van der Waals surface area (Å²) in [6.45, 7) is 11.9. The minimum Gasteiger partial charge on any atom is -0.508 e. The fourth-order valence-corrected chi connectivity index (χ4v) is 2.81. The van der Waals surface area contributed by atoms with Crippen LogP contribution < -0.4 is 4.52 Å². The van der Waals surface area contributed by atoms with Crippen molar-refractivity contribution >= 4 is 9.47 Å². The maximum atomic E-state index is 9.04. The van der Waals surface area contributed by atoms with Gasteiger partial charge in [0.05, 0.1) is 9.47 Å². The van der Waals surface area contributed by atoms with Gasteiger partial charge in [0.25, 0.3) is 0 Å². The predicted octanol–water partition coefficient (Wildman–Crippen LogP) is 6.49. The second-order valence-corrected chi connectivity index (χ2v) is 7.20. The number of rotatable bonds is 1. The molecule has 1 atom stereocenters. The topological polar surface area (TPSA) is 49.7 Å². The number of aromatic hydroxyl groups is 2. The second-order valence-electron chi connectivity index (χ2n) is 6.97. The zero-order chi connectivity index (χ0) is 21.3. The van der Waals surface area contributed by atoms with E-state index in [0.717, 1.165) is 16.9 Å². The van der Waals surface area contributed by atoms with E-state index in [9.17, 15) is 0 Å². The molecule has 0 spiro atoms. The molecule has 0 saturated carbocycles. The molecule has 0 amide bonds. The maximum Gasteiger partial charge on any atom is 0.125 e. The Morgan fingerprint density at radius 3 is 1.21 bits per heavy atom. The molecule has 0 aliphatic carbocycles. The molecule has 3 aromatic rings. The van der Waals surface area contributed by atoms with Gasteiger partial charge in [0, 0.05) is 0 Å². The first kappa shape index (κ1) is 23.5. The zero-order valence-corrected chi connectivity index (χ0v) is 18.7. The van der Waals surface area contributed by atoms with Crippen LogP contribution in [0.3, 0.4) is 0 Å². The Morgan fingerprint density at radius 1 is 0.571 bits per heavy atom. The van der Waals surface area contributed by atoms with Crippen molar-refractivity contribution in [3.8, 4) is 17.2 Å². The number of hydrogen-bond acceptors (Lipinski definition) is 3. The lowest BCUT2D eigenvalue weighted by atomic mass is 10.1. The quantitative estimate of drug-likeness (QED) is 0.461. The Balaban J connectivity index is 0.000000210. The van der Waals surface area contributed by atoms with Crippen molar-refractivity contribution in [2.45, 2.75) is 41.5 Å². The molecule has 0 aliphatic heterocycles. The highest BCUT2D eigenvalue weighted by Gasteiger charge is 1.95. The van der Waals surface area contributed by atoms with Crippen LogP contribution in [0.4, 0.5) is 0 Å². The molecule has 3 aromatic carbocycles. The number of phenols is 2. The molecule has 0 bridgehead atoms. The number of hydrogen-bond donors (Lipinski definition) is 2. The van der Waals surface area contributed by atoms with Crippen LogP contribution in [-0.4, -0.2) is 10.2 Å². The van der Waals surface area contributed by atoms with Gasteiger partial charge in [-0.1, -0.05) is 53.1 Å². The molecule has 0 aliphatic rings. The lowest BCUT2D eigenvalue weighted by molar-refractivity contribution is 0.470. The van der Waals surface area contributed by atoms with Crippen molar-refractivity contribution in [3.05, 3.63) is 88.0 Å². The van der Waals surface area contributed by atoms with Gasteiger partial charge in [0.15, 0.2) is 0 Å². The molecule has 1 unspecified atom stereocenters. The van der Waals surface area contributed by atoms with Gasteiger partial charge in [-0.05, 0) is 76.4 Å². The van der Waals surface area contributed by atoms with E-state index >= 15 is 0 Å². The summed E-state index contributed by atoms with van der Waals surface area (Å²) in [7, 11) is 2.24. The highest BCUT2D eigenvalue weighted by atomic mass is 31.0.